The van der Waals surface area contributed by atoms with E-state index >= 15 is 0 Å². The standard InChI is InChI=1S/C19H12N4O/c24-19-22-15-7-1-4-13-11-21-17-14(12-5-3-9-20-10-12)6-2-8-16(17)23(19)18(13)15/h1-11H,(H,22,24). The summed E-state index contributed by atoms with van der Waals surface area (Å²) in [5.74, 6) is 0. The van der Waals surface area contributed by atoms with E-state index in [4.69, 9.17) is 0 Å². The van der Waals surface area contributed by atoms with Crippen LogP contribution in [0, 0.1) is 0 Å². The molecule has 0 spiro atoms. The summed E-state index contributed by atoms with van der Waals surface area (Å²) in [6.45, 7) is 0. The largest absolute Gasteiger partial charge is 0.331 e. The fourth-order valence-corrected chi connectivity index (χ4v) is 3.26. The number of para-hydroxylation sites is 2. The third-order valence-electron chi connectivity index (χ3n) is 4.30. The van der Waals surface area contributed by atoms with Crippen molar-refractivity contribution < 1.29 is 0 Å². The van der Waals surface area contributed by atoms with Gasteiger partial charge in [0, 0.05) is 35.3 Å². The zero-order chi connectivity index (χ0) is 16.1. The lowest BCUT2D eigenvalue weighted by atomic mass is 10.0. The van der Waals surface area contributed by atoms with Gasteiger partial charge in [-0.05, 0) is 18.2 Å². The maximum atomic E-state index is 12.6. The predicted octanol–water partition coefficient (Wildman–Crippen LogP) is 3.44. The van der Waals surface area contributed by atoms with Gasteiger partial charge in [-0.1, -0.05) is 30.3 Å². The lowest BCUT2D eigenvalue weighted by Crippen LogP contribution is -2.14. The van der Waals surface area contributed by atoms with E-state index in [9.17, 15) is 4.79 Å². The molecule has 3 heterocycles. The number of nitrogens with one attached hydrogen (secondary N) is 1. The summed E-state index contributed by atoms with van der Waals surface area (Å²) < 4.78 is 1.70. The van der Waals surface area contributed by atoms with Crippen molar-refractivity contribution in [3.05, 3.63) is 77.0 Å². The van der Waals surface area contributed by atoms with Crippen molar-refractivity contribution in [1.82, 2.24) is 14.5 Å². The van der Waals surface area contributed by atoms with E-state index in [1.807, 2.05) is 54.7 Å². The van der Waals surface area contributed by atoms with E-state index < -0.39 is 0 Å². The summed E-state index contributed by atoms with van der Waals surface area (Å²) in [6.07, 6.45) is 5.36. The van der Waals surface area contributed by atoms with Crippen LogP contribution in [-0.2, 0) is 0 Å². The van der Waals surface area contributed by atoms with Crippen molar-refractivity contribution in [2.24, 2.45) is 4.99 Å². The first-order valence-electron chi connectivity index (χ1n) is 7.64. The van der Waals surface area contributed by atoms with Crippen LogP contribution in [0.2, 0.25) is 0 Å². The molecule has 1 aliphatic heterocycles. The number of hydrogen-bond donors (Lipinski definition) is 1. The Morgan fingerprint density at radius 2 is 1.92 bits per heavy atom. The van der Waals surface area contributed by atoms with Crippen LogP contribution in [0.25, 0.3) is 27.8 Å². The van der Waals surface area contributed by atoms with Crippen LogP contribution in [0.5, 0.6) is 0 Å². The minimum absolute atomic E-state index is 0.160. The molecular weight excluding hydrogens is 300 g/mol. The average molecular weight is 312 g/mol. The molecule has 114 valence electrons. The molecule has 5 nitrogen and oxygen atoms in total. The quantitative estimate of drug-likeness (QED) is 0.515. The fourth-order valence-electron chi connectivity index (χ4n) is 3.26. The summed E-state index contributed by atoms with van der Waals surface area (Å²) in [5.41, 5.74) is 5.88. The van der Waals surface area contributed by atoms with Gasteiger partial charge in [-0.3, -0.25) is 14.5 Å². The summed E-state index contributed by atoms with van der Waals surface area (Å²) in [5, 5.41) is 0. The smallest absolute Gasteiger partial charge is 0.305 e. The highest BCUT2D eigenvalue weighted by Gasteiger charge is 2.19. The Morgan fingerprint density at radius 1 is 1.00 bits per heavy atom. The molecule has 0 atom stereocenters. The van der Waals surface area contributed by atoms with Crippen LogP contribution in [0.3, 0.4) is 0 Å². The van der Waals surface area contributed by atoms with Gasteiger partial charge in [0.1, 0.15) is 0 Å². The van der Waals surface area contributed by atoms with E-state index in [0.29, 0.717) is 0 Å². The lowest BCUT2D eigenvalue weighted by Gasteiger charge is -2.10. The van der Waals surface area contributed by atoms with Gasteiger partial charge in [-0.25, -0.2) is 4.79 Å². The number of H-pyrrole nitrogens is 1. The molecule has 24 heavy (non-hydrogen) atoms. The minimum Gasteiger partial charge on any atom is -0.305 e. The number of benzene rings is 2. The Balaban J connectivity index is 1.92. The van der Waals surface area contributed by atoms with E-state index in [2.05, 4.69) is 15.0 Å². The van der Waals surface area contributed by atoms with Gasteiger partial charge in [0.2, 0.25) is 0 Å². The molecule has 5 rings (SSSR count). The number of imidazole rings is 1. The molecule has 0 bridgehead atoms. The third-order valence-corrected chi connectivity index (χ3v) is 4.30. The van der Waals surface area contributed by atoms with Gasteiger partial charge in [0.05, 0.1) is 22.4 Å². The first-order chi connectivity index (χ1) is 11.8. The van der Waals surface area contributed by atoms with Crippen molar-refractivity contribution >= 4 is 22.9 Å². The number of pyridine rings is 1. The van der Waals surface area contributed by atoms with Crippen molar-refractivity contribution in [2.75, 3.05) is 0 Å². The highest BCUT2D eigenvalue weighted by molar-refractivity contribution is 6.01. The molecule has 2 aromatic heterocycles. The highest BCUT2D eigenvalue weighted by Crippen LogP contribution is 2.37. The van der Waals surface area contributed by atoms with Gasteiger partial charge in [-0.2, -0.15) is 0 Å². The van der Waals surface area contributed by atoms with Crippen LogP contribution in [-0.4, -0.2) is 20.7 Å². The molecule has 1 N–H and O–H groups in total. The fraction of sp³-hybridized carbons (Fsp3) is 0. The third kappa shape index (κ3) is 1.72. The number of aromatic nitrogens is 3. The number of aromatic amines is 1. The first kappa shape index (κ1) is 13.0. The second-order valence-electron chi connectivity index (χ2n) is 5.68. The van der Waals surface area contributed by atoms with Gasteiger partial charge in [0.25, 0.3) is 0 Å². The Morgan fingerprint density at radius 3 is 2.79 bits per heavy atom. The van der Waals surface area contributed by atoms with Crippen molar-refractivity contribution in [1.29, 1.82) is 0 Å². The Kier molecular flexibility index (Phi) is 2.58. The summed E-state index contributed by atoms with van der Waals surface area (Å²) in [4.78, 5) is 24.4. The molecule has 0 fully saturated rings. The predicted molar refractivity (Wildman–Crippen MR) is 94.4 cm³/mol. The van der Waals surface area contributed by atoms with Crippen LogP contribution in [0.1, 0.15) is 5.56 Å². The van der Waals surface area contributed by atoms with E-state index in [0.717, 1.165) is 39.1 Å². The average Bonchev–Trinajstić information content (AvgIpc) is 2.85. The SMILES string of the molecule is O=c1[nH]c2cccc3c2n1-c1cccc(-c2cccnc2)c1N=C3. The van der Waals surface area contributed by atoms with Crippen molar-refractivity contribution in [3.63, 3.8) is 0 Å². The summed E-state index contributed by atoms with van der Waals surface area (Å²) in [6, 6.07) is 15.5. The molecule has 4 aromatic rings. The Hall–Kier alpha value is -3.47. The molecule has 0 saturated heterocycles. The molecule has 5 heteroatoms. The summed E-state index contributed by atoms with van der Waals surface area (Å²) in [7, 11) is 0. The second kappa shape index (κ2) is 4.76. The second-order valence-corrected chi connectivity index (χ2v) is 5.68. The molecule has 0 unspecified atom stereocenters. The number of nitrogens with zero attached hydrogens (tertiary/aromatic N) is 3. The Labute approximate surface area is 137 Å². The van der Waals surface area contributed by atoms with E-state index in [1.165, 1.54) is 0 Å². The normalized spacial score (nSPS) is 12.2. The van der Waals surface area contributed by atoms with Crippen LogP contribution in [0.15, 0.2) is 70.7 Å². The number of hydrogen-bond acceptors (Lipinski definition) is 3. The van der Waals surface area contributed by atoms with Gasteiger partial charge < -0.3 is 4.98 Å². The molecule has 0 amide bonds. The maximum absolute atomic E-state index is 12.6. The monoisotopic (exact) mass is 312 g/mol. The van der Waals surface area contributed by atoms with Gasteiger partial charge in [-0.15, -0.1) is 0 Å². The molecular formula is C19H12N4O. The number of rotatable bonds is 1. The molecule has 2 aromatic carbocycles. The van der Waals surface area contributed by atoms with Crippen molar-refractivity contribution in [2.45, 2.75) is 0 Å². The zero-order valence-corrected chi connectivity index (χ0v) is 12.6. The lowest BCUT2D eigenvalue weighted by molar-refractivity contribution is 1.02. The van der Waals surface area contributed by atoms with E-state index in [1.54, 1.807) is 17.0 Å². The van der Waals surface area contributed by atoms with Crippen LogP contribution < -0.4 is 5.69 Å². The van der Waals surface area contributed by atoms with Crippen LogP contribution in [0.4, 0.5) is 5.69 Å². The summed E-state index contributed by atoms with van der Waals surface area (Å²) >= 11 is 0. The molecule has 0 saturated carbocycles. The topological polar surface area (TPSA) is 63.0 Å². The number of fused-ring (bicyclic) bond motifs is 2. The number of aliphatic imine (C=N–C) groups is 1. The maximum Gasteiger partial charge on any atom is 0.331 e. The highest BCUT2D eigenvalue weighted by atomic mass is 16.1. The van der Waals surface area contributed by atoms with Gasteiger partial charge >= 0.3 is 5.69 Å². The zero-order valence-electron chi connectivity index (χ0n) is 12.6. The minimum atomic E-state index is -0.160. The molecule has 0 aliphatic carbocycles. The Bertz CT molecular complexity index is 1170. The molecule has 1 aliphatic rings. The van der Waals surface area contributed by atoms with E-state index in [-0.39, 0.29) is 5.69 Å². The van der Waals surface area contributed by atoms with Gasteiger partial charge in [0.15, 0.2) is 0 Å². The van der Waals surface area contributed by atoms with Crippen LogP contribution >= 0.6 is 0 Å². The first-order valence-corrected chi connectivity index (χ1v) is 7.64. The van der Waals surface area contributed by atoms with Crippen molar-refractivity contribution in [3.8, 4) is 16.8 Å². The molecule has 0 radical (unpaired) electrons.